The largest absolute Gasteiger partial charge is 0.369 e. The molecule has 24 heavy (non-hydrogen) atoms. The van der Waals surface area contributed by atoms with Crippen LogP contribution < -0.4 is 11.5 Å². The second kappa shape index (κ2) is 6.07. The molecule has 1 atom stereocenters. The third-order valence-electron chi connectivity index (χ3n) is 4.09. The van der Waals surface area contributed by atoms with Crippen LogP contribution in [0.25, 0.3) is 11.1 Å². The maximum Gasteiger partial charge on any atom is 0.199 e. The third-order valence-corrected chi connectivity index (χ3v) is 4.98. The highest BCUT2D eigenvalue weighted by molar-refractivity contribution is 7.14. The molecule has 0 spiro atoms. The van der Waals surface area contributed by atoms with Gasteiger partial charge in [-0.15, -0.1) is 11.3 Å². The Balaban J connectivity index is 1.73. The van der Waals surface area contributed by atoms with E-state index in [2.05, 4.69) is 27.5 Å². The van der Waals surface area contributed by atoms with Gasteiger partial charge in [0.15, 0.2) is 5.96 Å². The number of nitrogens with two attached hydrogens (primary N) is 2. The zero-order valence-corrected chi connectivity index (χ0v) is 13.8. The molecule has 120 valence electrons. The molecule has 0 saturated heterocycles. The zero-order chi connectivity index (χ0) is 16.5. The number of rotatable bonds is 3. The Morgan fingerprint density at radius 3 is 2.62 bits per heavy atom. The van der Waals surface area contributed by atoms with Crippen LogP contribution >= 0.6 is 11.3 Å². The fourth-order valence-electron chi connectivity index (χ4n) is 2.88. The van der Waals surface area contributed by atoms with E-state index in [-0.39, 0.29) is 6.17 Å². The summed E-state index contributed by atoms with van der Waals surface area (Å²) in [4.78, 5) is 10.8. The average molecular weight is 335 g/mol. The molecule has 0 bridgehead atoms. The molecule has 0 radical (unpaired) electrons. The first-order valence-electron chi connectivity index (χ1n) is 7.67. The molecule has 0 aliphatic carbocycles. The van der Waals surface area contributed by atoms with Crippen LogP contribution in [0.4, 0.5) is 5.00 Å². The van der Waals surface area contributed by atoms with Crippen molar-refractivity contribution in [2.75, 3.05) is 0 Å². The lowest BCUT2D eigenvalue weighted by molar-refractivity contribution is 0.305. The van der Waals surface area contributed by atoms with Crippen molar-refractivity contribution in [3.8, 4) is 11.1 Å². The molecule has 0 saturated carbocycles. The summed E-state index contributed by atoms with van der Waals surface area (Å²) in [6.45, 7) is 0.529. The minimum atomic E-state index is -0.346. The zero-order valence-electron chi connectivity index (χ0n) is 13.0. The van der Waals surface area contributed by atoms with E-state index in [1.54, 1.807) is 17.5 Å². The molecule has 4 N–H and O–H groups in total. The maximum atomic E-state index is 6.56. The second-order valence-electron chi connectivity index (χ2n) is 5.60. The Kier molecular flexibility index (Phi) is 3.76. The van der Waals surface area contributed by atoms with Crippen LogP contribution in [0.5, 0.6) is 0 Å². The Hall–Kier alpha value is -2.70. The van der Waals surface area contributed by atoms with Crippen LogP contribution in [0.1, 0.15) is 17.4 Å². The molecule has 3 aromatic rings. The summed E-state index contributed by atoms with van der Waals surface area (Å²) in [5.41, 5.74) is 16.9. The lowest BCUT2D eigenvalue weighted by Gasteiger charge is -2.33. The molecule has 3 heterocycles. The predicted octanol–water partition coefficient (Wildman–Crippen LogP) is 3.23. The van der Waals surface area contributed by atoms with E-state index in [0.29, 0.717) is 12.5 Å². The first-order valence-corrected chi connectivity index (χ1v) is 8.55. The van der Waals surface area contributed by atoms with Crippen LogP contribution in [-0.2, 0) is 6.54 Å². The van der Waals surface area contributed by atoms with Gasteiger partial charge in [-0.1, -0.05) is 36.4 Å². The van der Waals surface area contributed by atoms with Gasteiger partial charge >= 0.3 is 0 Å². The van der Waals surface area contributed by atoms with Gasteiger partial charge in [0.2, 0.25) is 0 Å². The number of nitrogens with zero attached hydrogens (tertiary/aromatic N) is 3. The van der Waals surface area contributed by atoms with Gasteiger partial charge in [0, 0.05) is 22.7 Å². The molecule has 1 aromatic carbocycles. The molecular formula is C18H17N5S. The summed E-state index contributed by atoms with van der Waals surface area (Å²) in [6.07, 6.45) is 1.42. The van der Waals surface area contributed by atoms with Gasteiger partial charge in [0.05, 0.1) is 12.2 Å². The molecule has 0 amide bonds. The van der Waals surface area contributed by atoms with E-state index in [1.807, 2.05) is 41.3 Å². The number of fused-ring (bicyclic) bond motifs is 1. The number of hydrogen-bond donors (Lipinski definition) is 2. The van der Waals surface area contributed by atoms with Gasteiger partial charge in [-0.25, -0.2) is 4.99 Å². The van der Waals surface area contributed by atoms with Crippen molar-refractivity contribution < 1.29 is 0 Å². The monoisotopic (exact) mass is 335 g/mol. The highest BCUT2D eigenvalue weighted by Crippen LogP contribution is 2.44. The van der Waals surface area contributed by atoms with Gasteiger partial charge in [-0.3, -0.25) is 4.98 Å². The summed E-state index contributed by atoms with van der Waals surface area (Å²) in [6, 6.07) is 16.0. The fraction of sp³-hybridized carbons (Fsp3) is 0.111. The number of pyridine rings is 1. The molecule has 0 fully saturated rings. The SMILES string of the molecule is NC1=Nc2scc(-c3ccccc3)c2C(N)N1Cc1ccccn1. The van der Waals surface area contributed by atoms with Crippen LogP contribution in [0.3, 0.4) is 0 Å². The van der Waals surface area contributed by atoms with E-state index in [1.165, 1.54) is 0 Å². The first-order chi connectivity index (χ1) is 11.7. The molecule has 1 unspecified atom stereocenters. The minimum absolute atomic E-state index is 0.346. The maximum absolute atomic E-state index is 6.56. The van der Waals surface area contributed by atoms with Crippen LogP contribution in [0.15, 0.2) is 65.1 Å². The van der Waals surface area contributed by atoms with E-state index in [4.69, 9.17) is 11.5 Å². The van der Waals surface area contributed by atoms with Crippen molar-refractivity contribution in [1.29, 1.82) is 0 Å². The highest BCUT2D eigenvalue weighted by atomic mass is 32.1. The van der Waals surface area contributed by atoms with Crippen molar-refractivity contribution in [1.82, 2.24) is 9.88 Å². The van der Waals surface area contributed by atoms with Crippen LogP contribution in [-0.4, -0.2) is 15.8 Å². The van der Waals surface area contributed by atoms with E-state index >= 15 is 0 Å². The highest BCUT2D eigenvalue weighted by Gasteiger charge is 2.30. The van der Waals surface area contributed by atoms with Crippen molar-refractivity contribution >= 4 is 22.3 Å². The van der Waals surface area contributed by atoms with Crippen molar-refractivity contribution in [3.63, 3.8) is 0 Å². The predicted molar refractivity (Wildman–Crippen MR) is 97.7 cm³/mol. The topological polar surface area (TPSA) is 80.5 Å². The number of thiophene rings is 1. The van der Waals surface area contributed by atoms with Gasteiger partial charge < -0.3 is 16.4 Å². The molecular weight excluding hydrogens is 318 g/mol. The summed E-state index contributed by atoms with van der Waals surface area (Å²) < 4.78 is 0. The second-order valence-corrected chi connectivity index (χ2v) is 6.46. The Labute approximate surface area is 144 Å². The first kappa shape index (κ1) is 14.9. The standard InChI is InChI=1S/C18H17N5S/c19-16-15-14(12-6-2-1-3-7-12)11-24-17(15)22-18(20)23(16)10-13-8-4-5-9-21-13/h1-9,11,16H,10,19H2,(H2,20,22). The summed E-state index contributed by atoms with van der Waals surface area (Å²) >= 11 is 1.57. The summed E-state index contributed by atoms with van der Waals surface area (Å²) in [5.74, 6) is 0.433. The number of guanidine groups is 1. The molecule has 1 aliphatic rings. The molecule has 4 rings (SSSR count). The summed E-state index contributed by atoms with van der Waals surface area (Å²) in [7, 11) is 0. The van der Waals surface area contributed by atoms with Crippen molar-refractivity contribution in [3.05, 3.63) is 71.4 Å². The quantitative estimate of drug-likeness (QED) is 0.770. The third kappa shape index (κ3) is 2.55. The van der Waals surface area contributed by atoms with Gasteiger partial charge in [0.1, 0.15) is 11.2 Å². The molecule has 1 aliphatic heterocycles. The number of benzene rings is 1. The van der Waals surface area contributed by atoms with Gasteiger partial charge in [-0.2, -0.15) is 0 Å². The lowest BCUT2D eigenvalue weighted by atomic mass is 10.0. The van der Waals surface area contributed by atoms with Gasteiger partial charge in [0.25, 0.3) is 0 Å². The molecule has 5 nitrogen and oxygen atoms in total. The molecule has 2 aromatic heterocycles. The fourth-order valence-corrected chi connectivity index (χ4v) is 3.88. The lowest BCUT2D eigenvalue weighted by Crippen LogP contribution is -2.45. The Bertz CT molecular complexity index is 873. The molecule has 6 heteroatoms. The number of aliphatic imine (C=N–C) groups is 1. The Morgan fingerprint density at radius 2 is 1.88 bits per heavy atom. The van der Waals surface area contributed by atoms with E-state index in [9.17, 15) is 0 Å². The smallest absolute Gasteiger partial charge is 0.199 e. The normalized spacial score (nSPS) is 16.6. The van der Waals surface area contributed by atoms with Crippen LogP contribution in [0.2, 0.25) is 0 Å². The summed E-state index contributed by atoms with van der Waals surface area (Å²) in [5, 5.41) is 2.98. The minimum Gasteiger partial charge on any atom is -0.369 e. The average Bonchev–Trinajstić information content (AvgIpc) is 3.04. The van der Waals surface area contributed by atoms with Gasteiger partial charge in [-0.05, 0) is 17.7 Å². The van der Waals surface area contributed by atoms with Crippen molar-refractivity contribution in [2.24, 2.45) is 16.5 Å². The Morgan fingerprint density at radius 1 is 1.08 bits per heavy atom. The van der Waals surface area contributed by atoms with E-state index in [0.717, 1.165) is 27.4 Å². The number of hydrogen-bond acceptors (Lipinski definition) is 6. The number of aromatic nitrogens is 1. The van der Waals surface area contributed by atoms with Crippen LogP contribution in [0, 0.1) is 0 Å². The van der Waals surface area contributed by atoms with E-state index < -0.39 is 0 Å². The van der Waals surface area contributed by atoms with Crippen molar-refractivity contribution in [2.45, 2.75) is 12.7 Å².